The highest BCUT2D eigenvalue weighted by atomic mass is 35.5. The molecule has 0 bridgehead atoms. The highest BCUT2D eigenvalue weighted by molar-refractivity contribution is 6.30. The Labute approximate surface area is 187 Å². The molecule has 2 saturated carbocycles. The summed E-state index contributed by atoms with van der Waals surface area (Å²) in [5.41, 5.74) is 2.88. The molecule has 3 nitrogen and oxygen atoms in total. The lowest BCUT2D eigenvalue weighted by Gasteiger charge is -2.21. The van der Waals surface area contributed by atoms with Gasteiger partial charge in [-0.3, -0.25) is 9.78 Å². The number of hydrogen-bond acceptors (Lipinski definition) is 2. The zero-order chi connectivity index (χ0) is 21.5. The second kappa shape index (κ2) is 8.23. The molecule has 0 saturated heterocycles. The van der Waals surface area contributed by atoms with Gasteiger partial charge in [0.1, 0.15) is 5.82 Å². The molecule has 3 aromatic rings. The van der Waals surface area contributed by atoms with E-state index >= 15 is 0 Å². The van der Waals surface area contributed by atoms with Gasteiger partial charge in [-0.15, -0.1) is 0 Å². The molecule has 0 unspecified atom stereocenters. The molecule has 1 amide bonds. The minimum Gasteiger partial charge on any atom is -0.326 e. The molecule has 1 heterocycles. The third-order valence-corrected chi connectivity index (χ3v) is 7.71. The third kappa shape index (κ3) is 4.06. The zero-order valence-electron chi connectivity index (χ0n) is 17.5. The topological polar surface area (TPSA) is 42.0 Å². The number of nitrogens with zero attached hydrogens (tertiary/aromatic N) is 1. The van der Waals surface area contributed by atoms with E-state index in [2.05, 4.69) is 16.4 Å². The van der Waals surface area contributed by atoms with Crippen LogP contribution in [0.4, 0.5) is 10.1 Å². The summed E-state index contributed by atoms with van der Waals surface area (Å²) in [4.78, 5) is 17.2. The summed E-state index contributed by atoms with van der Waals surface area (Å²) < 4.78 is 13.9. The van der Waals surface area contributed by atoms with Gasteiger partial charge in [-0.25, -0.2) is 4.39 Å². The molecule has 5 atom stereocenters. The average Bonchev–Trinajstić information content (AvgIpc) is 3.33. The molecule has 31 heavy (non-hydrogen) atoms. The van der Waals surface area contributed by atoms with E-state index in [0.717, 1.165) is 42.3 Å². The summed E-state index contributed by atoms with van der Waals surface area (Å²) in [5, 5.41) is 4.64. The summed E-state index contributed by atoms with van der Waals surface area (Å²) in [7, 11) is 0. The maximum atomic E-state index is 13.9. The van der Waals surface area contributed by atoms with Crippen molar-refractivity contribution in [3.8, 4) is 0 Å². The molecule has 2 aliphatic rings. The normalized spacial score (nSPS) is 26.0. The van der Waals surface area contributed by atoms with Crippen LogP contribution in [0.3, 0.4) is 0 Å². The van der Waals surface area contributed by atoms with Gasteiger partial charge in [-0.1, -0.05) is 18.5 Å². The summed E-state index contributed by atoms with van der Waals surface area (Å²) in [6, 6.07) is 14.2. The second-order valence-corrected chi connectivity index (χ2v) is 9.70. The molecule has 160 valence electrons. The molecular weight excluding hydrogens is 411 g/mol. The lowest BCUT2D eigenvalue weighted by Crippen LogP contribution is -2.26. The number of halogens is 2. The van der Waals surface area contributed by atoms with Gasteiger partial charge in [0.15, 0.2) is 0 Å². The van der Waals surface area contributed by atoms with Gasteiger partial charge in [0, 0.05) is 28.2 Å². The van der Waals surface area contributed by atoms with Crippen molar-refractivity contribution in [3.63, 3.8) is 0 Å². The summed E-state index contributed by atoms with van der Waals surface area (Å²) >= 11 is 5.93. The summed E-state index contributed by atoms with van der Waals surface area (Å²) in [6.07, 6.45) is 6.25. The van der Waals surface area contributed by atoms with E-state index in [1.807, 2.05) is 25.3 Å². The number of benzene rings is 2. The van der Waals surface area contributed by atoms with Crippen molar-refractivity contribution in [2.45, 2.75) is 38.5 Å². The Balaban J connectivity index is 1.24. The molecule has 0 spiro atoms. The van der Waals surface area contributed by atoms with Crippen LogP contribution in [0, 0.1) is 29.5 Å². The van der Waals surface area contributed by atoms with Crippen LogP contribution in [0.5, 0.6) is 0 Å². The first-order valence-electron chi connectivity index (χ1n) is 11.1. The van der Waals surface area contributed by atoms with Crippen LogP contribution in [0.2, 0.25) is 5.02 Å². The number of aromatic nitrogens is 1. The minimum absolute atomic E-state index is 0.0180. The number of anilines is 1. The van der Waals surface area contributed by atoms with Crippen molar-refractivity contribution >= 4 is 34.1 Å². The van der Waals surface area contributed by atoms with Crippen LogP contribution in [-0.2, 0) is 4.79 Å². The number of nitrogens with one attached hydrogen (secondary N) is 1. The molecule has 1 N–H and O–H groups in total. The molecule has 0 aliphatic heterocycles. The van der Waals surface area contributed by atoms with Crippen molar-refractivity contribution in [1.29, 1.82) is 0 Å². The zero-order valence-corrected chi connectivity index (χ0v) is 18.3. The fourth-order valence-corrected chi connectivity index (χ4v) is 5.95. The SMILES string of the molecule is C[C@@H](C(=O)Nc1ccc(Cl)cc1)[C@H]1C[C@H]2C[C@@H](c3ccnc4ccc(F)cc34)C[C@H]2C1. The predicted octanol–water partition coefficient (Wildman–Crippen LogP) is 6.82. The molecule has 2 aromatic carbocycles. The Morgan fingerprint density at radius 3 is 2.48 bits per heavy atom. The van der Waals surface area contributed by atoms with E-state index in [1.165, 1.54) is 11.6 Å². The van der Waals surface area contributed by atoms with Crippen LogP contribution in [0.1, 0.15) is 44.1 Å². The van der Waals surface area contributed by atoms with Gasteiger partial charge >= 0.3 is 0 Å². The number of rotatable bonds is 4. The fraction of sp³-hybridized carbons (Fsp3) is 0.385. The highest BCUT2D eigenvalue weighted by Gasteiger charge is 2.44. The Morgan fingerprint density at radius 2 is 1.77 bits per heavy atom. The van der Waals surface area contributed by atoms with Gasteiger partial charge in [0.25, 0.3) is 0 Å². The highest BCUT2D eigenvalue weighted by Crippen LogP contribution is 2.54. The molecular formula is C26H26ClFN2O. The van der Waals surface area contributed by atoms with Gasteiger partial charge in [0.2, 0.25) is 5.91 Å². The molecule has 5 heteroatoms. The molecule has 1 aromatic heterocycles. The van der Waals surface area contributed by atoms with E-state index in [-0.39, 0.29) is 17.6 Å². The molecule has 0 radical (unpaired) electrons. The van der Waals surface area contributed by atoms with Crippen molar-refractivity contribution in [2.75, 3.05) is 5.32 Å². The number of carbonyl (C=O) groups is 1. The first kappa shape index (κ1) is 20.4. The molecule has 2 fully saturated rings. The van der Waals surface area contributed by atoms with Crippen molar-refractivity contribution < 1.29 is 9.18 Å². The Bertz CT molecular complexity index is 1100. The van der Waals surface area contributed by atoms with Gasteiger partial charge in [-0.05, 0) is 103 Å². The van der Waals surface area contributed by atoms with Crippen molar-refractivity contribution in [1.82, 2.24) is 4.98 Å². The van der Waals surface area contributed by atoms with Crippen LogP contribution in [0.25, 0.3) is 10.9 Å². The monoisotopic (exact) mass is 436 g/mol. The van der Waals surface area contributed by atoms with Crippen molar-refractivity contribution in [2.24, 2.45) is 23.7 Å². The van der Waals surface area contributed by atoms with E-state index in [0.29, 0.717) is 28.7 Å². The lowest BCUT2D eigenvalue weighted by atomic mass is 9.86. The van der Waals surface area contributed by atoms with Crippen LogP contribution in [-0.4, -0.2) is 10.9 Å². The lowest BCUT2D eigenvalue weighted by molar-refractivity contribution is -0.120. The fourth-order valence-electron chi connectivity index (χ4n) is 5.82. The molecule has 2 aliphatic carbocycles. The van der Waals surface area contributed by atoms with Gasteiger partial charge in [0.05, 0.1) is 5.52 Å². The standard InChI is InChI=1S/C26H26ClFN2O/c1-15(26(31)30-22-5-2-20(27)3-6-22)16-10-17-12-19(13-18(17)11-16)23-8-9-29-25-7-4-21(28)14-24(23)25/h2-9,14-19H,10-13H2,1H3,(H,30,31)/t15-,16-,17-,18+,19+/m1/s1. The third-order valence-electron chi connectivity index (χ3n) is 7.46. The van der Waals surface area contributed by atoms with E-state index in [1.54, 1.807) is 24.3 Å². The van der Waals surface area contributed by atoms with Gasteiger partial charge < -0.3 is 5.32 Å². The smallest absolute Gasteiger partial charge is 0.227 e. The number of carbonyl (C=O) groups excluding carboxylic acids is 1. The Hall–Kier alpha value is -2.46. The summed E-state index contributed by atoms with van der Waals surface area (Å²) in [5.74, 6) is 1.99. The largest absolute Gasteiger partial charge is 0.326 e. The van der Waals surface area contributed by atoms with E-state index in [4.69, 9.17) is 11.6 Å². The minimum atomic E-state index is -0.208. The first-order chi connectivity index (χ1) is 15.0. The number of pyridine rings is 1. The maximum Gasteiger partial charge on any atom is 0.227 e. The summed E-state index contributed by atoms with van der Waals surface area (Å²) in [6.45, 7) is 2.05. The quantitative estimate of drug-likeness (QED) is 0.487. The van der Waals surface area contributed by atoms with Crippen LogP contribution < -0.4 is 5.32 Å². The maximum absolute atomic E-state index is 13.9. The first-order valence-corrected chi connectivity index (χ1v) is 11.5. The second-order valence-electron chi connectivity index (χ2n) is 9.27. The predicted molar refractivity (Wildman–Crippen MR) is 123 cm³/mol. The Kier molecular flexibility index (Phi) is 5.43. The van der Waals surface area contributed by atoms with Crippen LogP contribution >= 0.6 is 11.6 Å². The van der Waals surface area contributed by atoms with Crippen molar-refractivity contribution in [3.05, 3.63) is 71.1 Å². The molecule has 5 rings (SSSR count). The van der Waals surface area contributed by atoms with E-state index < -0.39 is 0 Å². The number of hydrogen-bond donors (Lipinski definition) is 1. The average molecular weight is 437 g/mol. The van der Waals surface area contributed by atoms with Crippen LogP contribution in [0.15, 0.2) is 54.7 Å². The van der Waals surface area contributed by atoms with Gasteiger partial charge in [-0.2, -0.15) is 0 Å². The number of amides is 1. The number of fused-ring (bicyclic) bond motifs is 2. The Morgan fingerprint density at radius 1 is 1.06 bits per heavy atom. The van der Waals surface area contributed by atoms with E-state index in [9.17, 15) is 9.18 Å².